The number of amides is 1. The molecule has 0 radical (unpaired) electrons. The number of rotatable bonds is 4. The van der Waals surface area contributed by atoms with Gasteiger partial charge in [-0.1, -0.05) is 18.2 Å². The van der Waals surface area contributed by atoms with Crippen LogP contribution in [0.3, 0.4) is 0 Å². The lowest BCUT2D eigenvalue weighted by Gasteiger charge is -2.19. The summed E-state index contributed by atoms with van der Waals surface area (Å²) in [6.45, 7) is 6.50. The Labute approximate surface area is 165 Å². The molecule has 1 aliphatic rings. The van der Waals surface area contributed by atoms with Gasteiger partial charge in [-0.05, 0) is 63.1 Å². The van der Waals surface area contributed by atoms with E-state index in [2.05, 4.69) is 4.72 Å². The molecule has 150 valence electrons. The fraction of sp³-hybridized carbons (Fsp3) is 0.316. The average molecular weight is 423 g/mol. The van der Waals surface area contributed by atoms with Crippen LogP contribution in [0.5, 0.6) is 0 Å². The molecule has 1 aliphatic heterocycles. The molecule has 0 aliphatic carbocycles. The molecule has 3 rings (SSSR count). The van der Waals surface area contributed by atoms with E-state index in [0.29, 0.717) is 11.3 Å². The molecule has 0 unspecified atom stereocenters. The third-order valence-corrected chi connectivity index (χ3v) is 8.20. The van der Waals surface area contributed by atoms with Gasteiger partial charge in [-0.25, -0.2) is 21.1 Å². The molecule has 2 aromatic carbocycles. The monoisotopic (exact) mass is 422 g/mol. The molecule has 0 aromatic heterocycles. The molecule has 0 spiro atoms. The summed E-state index contributed by atoms with van der Waals surface area (Å²) in [5.74, 6) is -0.812. The van der Waals surface area contributed by atoms with Crippen molar-refractivity contribution in [2.24, 2.45) is 5.41 Å². The minimum Gasteiger partial charge on any atom is -0.279 e. The molecule has 1 saturated heterocycles. The topological polar surface area (TPSA) is 101 Å². The molecular weight excluding hydrogens is 400 g/mol. The quantitative estimate of drug-likeness (QED) is 0.817. The number of carbonyl (C=O) groups excluding carboxylic acids is 1. The highest BCUT2D eigenvalue weighted by atomic mass is 32.2. The maximum Gasteiger partial charge on any atom is 0.262 e. The standard InChI is InChI=1S/C19H22N2O5S2/c1-13-7-5-6-8-16(13)20-28(25,26)17-10-9-15(11-14(17)2)21-18(22)19(3,4)12-27(21,23)24/h5-11,20H,12H2,1-4H3. The van der Waals surface area contributed by atoms with E-state index in [9.17, 15) is 21.6 Å². The van der Waals surface area contributed by atoms with E-state index >= 15 is 0 Å². The van der Waals surface area contributed by atoms with Gasteiger partial charge in [0.2, 0.25) is 15.9 Å². The van der Waals surface area contributed by atoms with E-state index in [1.165, 1.54) is 18.2 Å². The zero-order chi connectivity index (χ0) is 20.9. The second kappa shape index (κ2) is 6.59. The number of nitrogens with one attached hydrogen (secondary N) is 1. The average Bonchev–Trinajstić information content (AvgIpc) is 2.72. The predicted molar refractivity (Wildman–Crippen MR) is 108 cm³/mol. The second-order valence-corrected chi connectivity index (χ2v) is 11.0. The Kier molecular flexibility index (Phi) is 4.79. The fourth-order valence-corrected chi connectivity index (χ4v) is 6.67. The summed E-state index contributed by atoms with van der Waals surface area (Å²) in [6.07, 6.45) is 0. The fourth-order valence-electron chi connectivity index (χ4n) is 3.21. The smallest absolute Gasteiger partial charge is 0.262 e. The summed E-state index contributed by atoms with van der Waals surface area (Å²) in [6, 6.07) is 11.1. The Hall–Kier alpha value is -2.39. The summed E-state index contributed by atoms with van der Waals surface area (Å²) < 4.78 is 53.8. The van der Waals surface area contributed by atoms with E-state index in [4.69, 9.17) is 0 Å². The summed E-state index contributed by atoms with van der Waals surface area (Å²) in [5.41, 5.74) is 0.694. The number of hydrogen-bond donors (Lipinski definition) is 1. The second-order valence-electron chi connectivity index (χ2n) is 7.58. The first-order valence-corrected chi connectivity index (χ1v) is 11.7. The Morgan fingerprint density at radius 1 is 1.04 bits per heavy atom. The van der Waals surface area contributed by atoms with Gasteiger partial charge in [0.05, 0.1) is 27.4 Å². The van der Waals surface area contributed by atoms with E-state index in [-0.39, 0.29) is 16.3 Å². The minimum absolute atomic E-state index is 0.0165. The van der Waals surface area contributed by atoms with Gasteiger partial charge < -0.3 is 0 Å². The molecule has 1 amide bonds. The minimum atomic E-state index is -3.87. The van der Waals surface area contributed by atoms with Crippen LogP contribution in [0.15, 0.2) is 47.4 Å². The highest BCUT2D eigenvalue weighted by Crippen LogP contribution is 2.36. The first-order chi connectivity index (χ1) is 12.8. The molecule has 2 aromatic rings. The van der Waals surface area contributed by atoms with E-state index in [1.807, 2.05) is 6.07 Å². The van der Waals surface area contributed by atoms with Crippen LogP contribution in [0.1, 0.15) is 25.0 Å². The van der Waals surface area contributed by atoms with Gasteiger partial charge in [-0.15, -0.1) is 0 Å². The molecule has 1 fully saturated rings. The predicted octanol–water partition coefficient (Wildman–Crippen LogP) is 2.81. The molecule has 0 bridgehead atoms. The van der Waals surface area contributed by atoms with Gasteiger partial charge in [0, 0.05) is 0 Å². The first kappa shape index (κ1) is 20.3. The van der Waals surface area contributed by atoms with Crippen molar-refractivity contribution in [2.45, 2.75) is 32.6 Å². The van der Waals surface area contributed by atoms with Crippen molar-refractivity contribution in [2.75, 3.05) is 14.8 Å². The Morgan fingerprint density at radius 3 is 2.21 bits per heavy atom. The number of aryl methyl sites for hydroxylation is 2. The van der Waals surface area contributed by atoms with Crippen molar-refractivity contribution < 1.29 is 21.6 Å². The van der Waals surface area contributed by atoms with Crippen molar-refractivity contribution in [1.29, 1.82) is 0 Å². The van der Waals surface area contributed by atoms with Crippen LogP contribution in [0.25, 0.3) is 0 Å². The normalized spacial score (nSPS) is 18.3. The van der Waals surface area contributed by atoms with Crippen molar-refractivity contribution in [3.05, 3.63) is 53.6 Å². The number of nitrogens with zero attached hydrogens (tertiary/aromatic N) is 1. The number of carbonyl (C=O) groups is 1. The number of sulfonamides is 2. The SMILES string of the molecule is Cc1ccccc1NS(=O)(=O)c1ccc(N2C(=O)C(C)(C)CS2(=O)=O)cc1C. The highest BCUT2D eigenvalue weighted by molar-refractivity contribution is 7.94. The first-order valence-electron chi connectivity index (χ1n) is 8.62. The molecule has 1 heterocycles. The van der Waals surface area contributed by atoms with E-state index in [1.54, 1.807) is 45.9 Å². The van der Waals surface area contributed by atoms with Gasteiger partial charge >= 0.3 is 0 Å². The van der Waals surface area contributed by atoms with Gasteiger partial charge in [0.15, 0.2) is 0 Å². The third kappa shape index (κ3) is 3.51. The summed E-state index contributed by atoms with van der Waals surface area (Å²) in [5, 5.41) is 0. The van der Waals surface area contributed by atoms with Crippen LogP contribution in [0.4, 0.5) is 11.4 Å². The van der Waals surface area contributed by atoms with Crippen LogP contribution in [0.2, 0.25) is 0 Å². The highest BCUT2D eigenvalue weighted by Gasteiger charge is 2.50. The van der Waals surface area contributed by atoms with Crippen LogP contribution in [-0.2, 0) is 24.8 Å². The van der Waals surface area contributed by atoms with Crippen LogP contribution in [0, 0.1) is 19.3 Å². The number of benzene rings is 2. The van der Waals surface area contributed by atoms with Crippen molar-refractivity contribution in [3.63, 3.8) is 0 Å². The number of para-hydroxylation sites is 1. The Bertz CT molecular complexity index is 1170. The lowest BCUT2D eigenvalue weighted by Crippen LogP contribution is -2.33. The summed E-state index contributed by atoms with van der Waals surface area (Å²) in [4.78, 5) is 12.5. The zero-order valence-corrected chi connectivity index (χ0v) is 17.7. The third-order valence-electron chi connectivity index (χ3n) is 4.66. The maximum absolute atomic E-state index is 12.8. The molecule has 7 nitrogen and oxygen atoms in total. The number of anilines is 2. The van der Waals surface area contributed by atoms with Crippen LogP contribution < -0.4 is 9.03 Å². The summed E-state index contributed by atoms with van der Waals surface area (Å²) >= 11 is 0. The van der Waals surface area contributed by atoms with Crippen molar-refractivity contribution in [1.82, 2.24) is 0 Å². The lowest BCUT2D eigenvalue weighted by molar-refractivity contribution is -0.123. The lowest BCUT2D eigenvalue weighted by atomic mass is 9.95. The van der Waals surface area contributed by atoms with Crippen molar-refractivity contribution >= 4 is 37.3 Å². The molecular formula is C19H22N2O5S2. The molecule has 28 heavy (non-hydrogen) atoms. The molecule has 0 saturated carbocycles. The van der Waals surface area contributed by atoms with Gasteiger partial charge in [-0.2, -0.15) is 0 Å². The van der Waals surface area contributed by atoms with Crippen molar-refractivity contribution in [3.8, 4) is 0 Å². The van der Waals surface area contributed by atoms with Gasteiger partial charge in [0.25, 0.3) is 10.0 Å². The van der Waals surface area contributed by atoms with E-state index in [0.717, 1.165) is 9.87 Å². The molecule has 0 atom stereocenters. The maximum atomic E-state index is 12.8. The number of hydrogen-bond acceptors (Lipinski definition) is 5. The van der Waals surface area contributed by atoms with Crippen LogP contribution >= 0.6 is 0 Å². The molecule has 9 heteroatoms. The Balaban J connectivity index is 1.99. The Morgan fingerprint density at radius 2 is 1.68 bits per heavy atom. The summed E-state index contributed by atoms with van der Waals surface area (Å²) in [7, 11) is -7.67. The van der Waals surface area contributed by atoms with E-state index < -0.39 is 31.4 Å². The van der Waals surface area contributed by atoms with Gasteiger partial charge in [-0.3, -0.25) is 9.52 Å². The van der Waals surface area contributed by atoms with Crippen LogP contribution in [-0.4, -0.2) is 28.5 Å². The largest absolute Gasteiger partial charge is 0.279 e. The zero-order valence-electron chi connectivity index (χ0n) is 16.1. The van der Waals surface area contributed by atoms with Gasteiger partial charge in [0.1, 0.15) is 0 Å². The molecule has 1 N–H and O–H groups in total.